The molecule has 2 nitrogen and oxygen atoms in total. The van der Waals surface area contributed by atoms with Gasteiger partial charge in [-0.3, -0.25) is 4.79 Å². The van der Waals surface area contributed by atoms with Crippen LogP contribution in [0.1, 0.15) is 51.9 Å². The Hall–Kier alpha value is -1.45. The number of halogens is 2. The van der Waals surface area contributed by atoms with Gasteiger partial charge in [0, 0.05) is 18.2 Å². The summed E-state index contributed by atoms with van der Waals surface area (Å²) in [6.45, 7) is 2.21. The fourth-order valence-electron chi connectivity index (χ4n) is 3.18. The van der Waals surface area contributed by atoms with Gasteiger partial charge in [0.15, 0.2) is 11.6 Å². The molecule has 0 heterocycles. The zero-order chi connectivity index (χ0) is 15.2. The van der Waals surface area contributed by atoms with E-state index in [4.69, 9.17) is 0 Å². The molecule has 0 radical (unpaired) electrons. The maximum absolute atomic E-state index is 13.1. The lowest BCUT2D eigenvalue weighted by Gasteiger charge is -2.27. The van der Waals surface area contributed by atoms with Crippen LogP contribution >= 0.6 is 0 Å². The first kappa shape index (κ1) is 15.9. The standard InChI is InChI=1S/C17H23F2NO/c1-2-3-12-4-6-13(7-5-12)10-17(21)20-14-8-9-15(18)16(19)11-14/h8-9,11-13H,2-7,10H2,1H3,(H,20,21)/t12-,13-. The van der Waals surface area contributed by atoms with Crippen molar-refractivity contribution in [1.29, 1.82) is 0 Å². The van der Waals surface area contributed by atoms with Gasteiger partial charge in [-0.05, 0) is 36.8 Å². The largest absolute Gasteiger partial charge is 0.326 e. The molecule has 2 rings (SSSR count). The molecule has 1 aromatic rings. The van der Waals surface area contributed by atoms with Crippen LogP contribution in [0.2, 0.25) is 0 Å². The van der Waals surface area contributed by atoms with E-state index in [1.54, 1.807) is 0 Å². The fraction of sp³-hybridized carbons (Fsp3) is 0.588. The van der Waals surface area contributed by atoms with E-state index in [1.165, 1.54) is 31.7 Å². The summed E-state index contributed by atoms with van der Waals surface area (Å²) in [6, 6.07) is 3.43. The third-order valence-electron chi connectivity index (χ3n) is 4.34. The summed E-state index contributed by atoms with van der Waals surface area (Å²) in [6.07, 6.45) is 7.58. The Bertz CT molecular complexity index is 482. The highest BCUT2D eigenvalue weighted by Gasteiger charge is 2.22. The van der Waals surface area contributed by atoms with Crippen molar-refractivity contribution in [3.05, 3.63) is 29.8 Å². The average molecular weight is 295 g/mol. The van der Waals surface area contributed by atoms with Crippen LogP contribution in [0.5, 0.6) is 0 Å². The Balaban J connectivity index is 1.78. The number of hydrogen-bond acceptors (Lipinski definition) is 1. The Morgan fingerprint density at radius 1 is 1.14 bits per heavy atom. The topological polar surface area (TPSA) is 29.1 Å². The van der Waals surface area contributed by atoms with Crippen LogP contribution in [0.25, 0.3) is 0 Å². The predicted octanol–water partition coefficient (Wildman–Crippen LogP) is 4.90. The lowest BCUT2D eigenvalue weighted by atomic mass is 9.79. The van der Waals surface area contributed by atoms with Crippen LogP contribution in [-0.4, -0.2) is 5.91 Å². The number of carbonyl (C=O) groups is 1. The van der Waals surface area contributed by atoms with Gasteiger partial charge in [0.25, 0.3) is 0 Å². The maximum atomic E-state index is 13.1. The molecule has 1 N–H and O–H groups in total. The van der Waals surface area contributed by atoms with Gasteiger partial charge in [-0.25, -0.2) is 8.78 Å². The first-order valence-corrected chi connectivity index (χ1v) is 7.83. The van der Waals surface area contributed by atoms with Gasteiger partial charge in [0.05, 0.1) is 0 Å². The van der Waals surface area contributed by atoms with Crippen molar-refractivity contribution < 1.29 is 13.6 Å². The molecular formula is C17H23F2NO. The third-order valence-corrected chi connectivity index (χ3v) is 4.34. The van der Waals surface area contributed by atoms with E-state index in [0.29, 0.717) is 18.0 Å². The van der Waals surface area contributed by atoms with Gasteiger partial charge in [-0.1, -0.05) is 32.6 Å². The molecule has 116 valence electrons. The molecule has 1 fully saturated rings. The van der Waals surface area contributed by atoms with E-state index in [1.807, 2.05) is 0 Å². The Kier molecular flexibility index (Phi) is 5.71. The Labute approximate surface area is 124 Å². The van der Waals surface area contributed by atoms with Crippen LogP contribution in [-0.2, 0) is 4.79 Å². The second-order valence-corrected chi connectivity index (χ2v) is 6.06. The Morgan fingerprint density at radius 2 is 1.81 bits per heavy atom. The highest BCUT2D eigenvalue weighted by molar-refractivity contribution is 5.90. The van der Waals surface area contributed by atoms with Crippen molar-refractivity contribution in [3.63, 3.8) is 0 Å². The van der Waals surface area contributed by atoms with E-state index < -0.39 is 11.6 Å². The predicted molar refractivity (Wildman–Crippen MR) is 80.0 cm³/mol. The van der Waals surface area contributed by atoms with Crippen LogP contribution in [0.3, 0.4) is 0 Å². The highest BCUT2D eigenvalue weighted by Crippen LogP contribution is 2.33. The number of nitrogens with one attached hydrogen (secondary N) is 1. The molecule has 0 unspecified atom stereocenters. The lowest BCUT2D eigenvalue weighted by Crippen LogP contribution is -2.21. The minimum absolute atomic E-state index is 0.111. The van der Waals surface area contributed by atoms with Crippen LogP contribution in [0.4, 0.5) is 14.5 Å². The van der Waals surface area contributed by atoms with E-state index in [2.05, 4.69) is 12.2 Å². The molecule has 1 aliphatic carbocycles. The van der Waals surface area contributed by atoms with Crippen LogP contribution in [0.15, 0.2) is 18.2 Å². The summed E-state index contributed by atoms with van der Waals surface area (Å²) >= 11 is 0. The van der Waals surface area contributed by atoms with Gasteiger partial charge in [0.2, 0.25) is 5.91 Å². The van der Waals surface area contributed by atoms with E-state index >= 15 is 0 Å². The van der Waals surface area contributed by atoms with Crippen molar-refractivity contribution in [1.82, 2.24) is 0 Å². The number of amides is 1. The smallest absolute Gasteiger partial charge is 0.224 e. The molecule has 0 saturated heterocycles. The summed E-state index contributed by atoms with van der Waals surface area (Å²) in [5.41, 5.74) is 0.318. The first-order chi connectivity index (χ1) is 10.1. The van der Waals surface area contributed by atoms with Crippen LogP contribution < -0.4 is 5.32 Å². The molecule has 0 aromatic heterocycles. The summed E-state index contributed by atoms with van der Waals surface area (Å²) in [5, 5.41) is 2.65. The quantitative estimate of drug-likeness (QED) is 0.822. The van der Waals surface area contributed by atoms with Gasteiger partial charge in [-0.15, -0.1) is 0 Å². The SMILES string of the molecule is CCC[C@H]1CC[C@H](CC(=O)Nc2ccc(F)c(F)c2)CC1. The highest BCUT2D eigenvalue weighted by atomic mass is 19.2. The zero-order valence-electron chi connectivity index (χ0n) is 12.5. The summed E-state index contributed by atoms with van der Waals surface area (Å²) < 4.78 is 25.9. The fourth-order valence-corrected chi connectivity index (χ4v) is 3.18. The number of benzene rings is 1. The van der Waals surface area contributed by atoms with Crippen molar-refractivity contribution in [2.24, 2.45) is 11.8 Å². The van der Waals surface area contributed by atoms with Gasteiger partial charge < -0.3 is 5.32 Å². The molecule has 1 saturated carbocycles. The number of rotatable bonds is 5. The monoisotopic (exact) mass is 295 g/mol. The zero-order valence-corrected chi connectivity index (χ0v) is 12.5. The van der Waals surface area contributed by atoms with Crippen molar-refractivity contribution in [2.75, 3.05) is 5.32 Å². The molecule has 0 aliphatic heterocycles. The summed E-state index contributed by atoms with van der Waals surface area (Å²) in [4.78, 5) is 12.0. The summed E-state index contributed by atoms with van der Waals surface area (Å²) in [5.74, 6) is -0.709. The van der Waals surface area contributed by atoms with Crippen LogP contribution in [0, 0.1) is 23.5 Å². The van der Waals surface area contributed by atoms with E-state index in [-0.39, 0.29) is 5.91 Å². The number of carbonyl (C=O) groups excluding carboxylic acids is 1. The normalized spacial score (nSPS) is 22.0. The van der Waals surface area contributed by atoms with Gasteiger partial charge in [-0.2, -0.15) is 0 Å². The van der Waals surface area contributed by atoms with Gasteiger partial charge in [0.1, 0.15) is 0 Å². The lowest BCUT2D eigenvalue weighted by molar-refractivity contribution is -0.117. The molecule has 0 atom stereocenters. The van der Waals surface area contributed by atoms with Crippen molar-refractivity contribution >= 4 is 11.6 Å². The molecule has 0 bridgehead atoms. The number of hydrogen-bond donors (Lipinski definition) is 1. The molecule has 4 heteroatoms. The first-order valence-electron chi connectivity index (χ1n) is 7.83. The minimum atomic E-state index is -0.937. The van der Waals surface area contributed by atoms with E-state index in [0.717, 1.165) is 30.9 Å². The Morgan fingerprint density at radius 3 is 2.43 bits per heavy atom. The summed E-state index contributed by atoms with van der Waals surface area (Å²) in [7, 11) is 0. The maximum Gasteiger partial charge on any atom is 0.224 e. The van der Waals surface area contributed by atoms with Crippen molar-refractivity contribution in [2.45, 2.75) is 51.9 Å². The molecule has 1 amide bonds. The number of anilines is 1. The minimum Gasteiger partial charge on any atom is -0.326 e. The molecule has 0 spiro atoms. The second-order valence-electron chi connectivity index (χ2n) is 6.06. The second kappa shape index (κ2) is 7.53. The molecule has 1 aromatic carbocycles. The molecule has 1 aliphatic rings. The van der Waals surface area contributed by atoms with E-state index in [9.17, 15) is 13.6 Å². The average Bonchev–Trinajstić information content (AvgIpc) is 2.45. The van der Waals surface area contributed by atoms with Gasteiger partial charge >= 0.3 is 0 Å². The molecule has 21 heavy (non-hydrogen) atoms. The third kappa shape index (κ3) is 4.80. The van der Waals surface area contributed by atoms with Crippen molar-refractivity contribution in [3.8, 4) is 0 Å². The molecular weight excluding hydrogens is 272 g/mol.